The van der Waals surface area contributed by atoms with E-state index < -0.39 is 0 Å². The Bertz CT molecular complexity index is 644. The zero-order valence-electron chi connectivity index (χ0n) is 12.5. The molecule has 0 aliphatic rings. The summed E-state index contributed by atoms with van der Waals surface area (Å²) in [5, 5.41) is 6.53. The highest BCUT2D eigenvalue weighted by atomic mass is 35.5. The minimum absolute atomic E-state index is 0.270. The molecule has 0 atom stereocenters. The molecule has 0 radical (unpaired) electrons. The standard InChI is InChI=1S/C16H18ClN3O2/c1-11-3-4-12(17)9-15(11)20-16(21)14-6-5-13(10-19-14)18-7-8-22-2/h3-6,9-10,18H,7-8H2,1-2H3,(H,20,21). The van der Waals surface area contributed by atoms with E-state index in [1.165, 1.54) is 0 Å². The molecule has 0 fully saturated rings. The van der Waals surface area contributed by atoms with E-state index in [0.29, 0.717) is 29.6 Å². The van der Waals surface area contributed by atoms with Gasteiger partial charge < -0.3 is 15.4 Å². The van der Waals surface area contributed by atoms with Crippen molar-refractivity contribution < 1.29 is 9.53 Å². The summed E-state index contributed by atoms with van der Waals surface area (Å²) in [6.07, 6.45) is 1.62. The summed E-state index contributed by atoms with van der Waals surface area (Å²) in [5.74, 6) is -0.270. The highest BCUT2D eigenvalue weighted by Crippen LogP contribution is 2.20. The normalized spacial score (nSPS) is 10.3. The van der Waals surface area contributed by atoms with Crippen LogP contribution in [0.1, 0.15) is 16.1 Å². The fourth-order valence-corrected chi connectivity index (χ4v) is 2.02. The highest BCUT2D eigenvalue weighted by Gasteiger charge is 2.09. The van der Waals surface area contributed by atoms with E-state index in [4.69, 9.17) is 16.3 Å². The van der Waals surface area contributed by atoms with Gasteiger partial charge in [0.25, 0.3) is 5.91 Å². The lowest BCUT2D eigenvalue weighted by Gasteiger charge is -2.09. The number of anilines is 2. The number of halogens is 1. The van der Waals surface area contributed by atoms with Crippen molar-refractivity contribution in [3.8, 4) is 0 Å². The Kier molecular flexibility index (Phi) is 5.75. The molecule has 0 aliphatic heterocycles. The largest absolute Gasteiger partial charge is 0.383 e. The quantitative estimate of drug-likeness (QED) is 0.801. The summed E-state index contributed by atoms with van der Waals surface area (Å²) in [4.78, 5) is 16.3. The first-order valence-electron chi connectivity index (χ1n) is 6.86. The molecule has 2 rings (SSSR count). The molecule has 0 aliphatic carbocycles. The Hall–Kier alpha value is -2.11. The summed E-state index contributed by atoms with van der Waals surface area (Å²) in [7, 11) is 1.64. The highest BCUT2D eigenvalue weighted by molar-refractivity contribution is 6.31. The van der Waals surface area contributed by atoms with Gasteiger partial charge in [0.1, 0.15) is 5.69 Å². The third-order valence-corrected chi connectivity index (χ3v) is 3.31. The first-order chi connectivity index (χ1) is 10.6. The molecular weight excluding hydrogens is 302 g/mol. The first kappa shape index (κ1) is 16.3. The predicted molar refractivity (Wildman–Crippen MR) is 88.7 cm³/mol. The summed E-state index contributed by atoms with van der Waals surface area (Å²) < 4.78 is 4.95. The van der Waals surface area contributed by atoms with Crippen LogP contribution in [0.15, 0.2) is 36.5 Å². The number of rotatable bonds is 6. The van der Waals surface area contributed by atoms with Gasteiger partial charge in [0.2, 0.25) is 0 Å². The van der Waals surface area contributed by atoms with Crippen LogP contribution in [0.2, 0.25) is 5.02 Å². The number of ether oxygens (including phenoxy) is 1. The maximum absolute atomic E-state index is 12.2. The third kappa shape index (κ3) is 4.44. The van der Waals surface area contributed by atoms with E-state index in [1.807, 2.05) is 19.1 Å². The average molecular weight is 320 g/mol. The van der Waals surface area contributed by atoms with E-state index in [-0.39, 0.29) is 5.91 Å². The number of nitrogens with zero attached hydrogens (tertiary/aromatic N) is 1. The first-order valence-corrected chi connectivity index (χ1v) is 7.24. The van der Waals surface area contributed by atoms with Gasteiger partial charge in [0.05, 0.1) is 18.5 Å². The van der Waals surface area contributed by atoms with Gasteiger partial charge in [-0.15, -0.1) is 0 Å². The van der Waals surface area contributed by atoms with Crippen molar-refractivity contribution in [3.05, 3.63) is 52.8 Å². The smallest absolute Gasteiger partial charge is 0.274 e. The fraction of sp³-hybridized carbons (Fsp3) is 0.250. The van der Waals surface area contributed by atoms with Gasteiger partial charge in [0.15, 0.2) is 0 Å². The van der Waals surface area contributed by atoms with Crippen LogP contribution < -0.4 is 10.6 Å². The summed E-state index contributed by atoms with van der Waals surface area (Å²) in [5.41, 5.74) is 2.81. The third-order valence-electron chi connectivity index (χ3n) is 3.08. The number of carbonyl (C=O) groups is 1. The molecule has 0 unspecified atom stereocenters. The molecule has 5 nitrogen and oxygen atoms in total. The SMILES string of the molecule is COCCNc1ccc(C(=O)Nc2cc(Cl)ccc2C)nc1. The van der Waals surface area contributed by atoms with E-state index in [1.54, 1.807) is 31.5 Å². The molecule has 116 valence electrons. The molecule has 1 amide bonds. The Balaban J connectivity index is 2.02. The molecule has 22 heavy (non-hydrogen) atoms. The van der Waals surface area contributed by atoms with Gasteiger partial charge in [-0.25, -0.2) is 4.98 Å². The molecule has 1 heterocycles. The van der Waals surface area contributed by atoms with Crippen LogP contribution in [0.5, 0.6) is 0 Å². The number of pyridine rings is 1. The molecule has 0 spiro atoms. The number of hydrogen-bond donors (Lipinski definition) is 2. The van der Waals surface area contributed by atoms with Crippen molar-refractivity contribution in [1.29, 1.82) is 0 Å². The second-order valence-electron chi connectivity index (χ2n) is 4.77. The second-order valence-corrected chi connectivity index (χ2v) is 5.20. The number of carbonyl (C=O) groups excluding carboxylic acids is 1. The molecule has 0 bridgehead atoms. The number of benzene rings is 1. The molecular formula is C16H18ClN3O2. The number of methoxy groups -OCH3 is 1. The summed E-state index contributed by atoms with van der Waals surface area (Å²) in [6, 6.07) is 8.84. The monoisotopic (exact) mass is 319 g/mol. The van der Waals surface area contributed by atoms with Crippen LogP contribution in [0.25, 0.3) is 0 Å². The number of aryl methyl sites for hydroxylation is 1. The topological polar surface area (TPSA) is 63.2 Å². The predicted octanol–water partition coefficient (Wildman–Crippen LogP) is 3.35. The molecule has 0 saturated carbocycles. The van der Waals surface area contributed by atoms with Crippen molar-refractivity contribution >= 4 is 28.9 Å². The Labute approximate surface area is 134 Å². The van der Waals surface area contributed by atoms with E-state index in [2.05, 4.69) is 15.6 Å². The molecule has 2 aromatic rings. The number of hydrogen-bond acceptors (Lipinski definition) is 4. The summed E-state index contributed by atoms with van der Waals surface area (Å²) in [6.45, 7) is 3.20. The van der Waals surface area contributed by atoms with Gasteiger partial charge in [-0.3, -0.25) is 4.79 Å². The van der Waals surface area contributed by atoms with Crippen LogP contribution in [0.4, 0.5) is 11.4 Å². The maximum atomic E-state index is 12.2. The molecule has 6 heteroatoms. The van der Waals surface area contributed by atoms with Gasteiger partial charge in [-0.05, 0) is 36.8 Å². The second kappa shape index (κ2) is 7.77. The van der Waals surface area contributed by atoms with Gasteiger partial charge in [0, 0.05) is 24.4 Å². The van der Waals surface area contributed by atoms with Crippen LogP contribution in [0.3, 0.4) is 0 Å². The van der Waals surface area contributed by atoms with E-state index in [9.17, 15) is 4.79 Å². The van der Waals surface area contributed by atoms with Crippen molar-refractivity contribution in [2.45, 2.75) is 6.92 Å². The van der Waals surface area contributed by atoms with Crippen molar-refractivity contribution in [2.24, 2.45) is 0 Å². The van der Waals surface area contributed by atoms with Crippen LogP contribution in [-0.4, -0.2) is 31.2 Å². The zero-order valence-corrected chi connectivity index (χ0v) is 13.3. The lowest BCUT2D eigenvalue weighted by atomic mass is 10.2. The molecule has 1 aromatic carbocycles. The van der Waals surface area contributed by atoms with Crippen molar-refractivity contribution in [2.75, 3.05) is 30.9 Å². The maximum Gasteiger partial charge on any atom is 0.274 e. The number of amides is 1. The van der Waals surface area contributed by atoms with Crippen LogP contribution in [0, 0.1) is 6.92 Å². The number of aromatic nitrogens is 1. The molecule has 2 N–H and O–H groups in total. The molecule has 1 aromatic heterocycles. The number of nitrogens with one attached hydrogen (secondary N) is 2. The molecule has 0 saturated heterocycles. The minimum Gasteiger partial charge on any atom is -0.383 e. The van der Waals surface area contributed by atoms with Gasteiger partial charge in [-0.2, -0.15) is 0 Å². The van der Waals surface area contributed by atoms with Crippen LogP contribution >= 0.6 is 11.6 Å². The Morgan fingerprint density at radius 1 is 1.32 bits per heavy atom. The van der Waals surface area contributed by atoms with Gasteiger partial charge in [-0.1, -0.05) is 17.7 Å². The lowest BCUT2D eigenvalue weighted by molar-refractivity contribution is 0.102. The van der Waals surface area contributed by atoms with Gasteiger partial charge >= 0.3 is 0 Å². The average Bonchev–Trinajstić information content (AvgIpc) is 2.52. The van der Waals surface area contributed by atoms with E-state index in [0.717, 1.165) is 11.3 Å². The minimum atomic E-state index is -0.270. The Morgan fingerprint density at radius 2 is 2.14 bits per heavy atom. The zero-order chi connectivity index (χ0) is 15.9. The Morgan fingerprint density at radius 3 is 2.82 bits per heavy atom. The summed E-state index contributed by atoms with van der Waals surface area (Å²) >= 11 is 5.94. The lowest BCUT2D eigenvalue weighted by Crippen LogP contribution is -2.15. The fourth-order valence-electron chi connectivity index (χ4n) is 1.85. The van der Waals surface area contributed by atoms with Crippen molar-refractivity contribution in [3.63, 3.8) is 0 Å². The van der Waals surface area contributed by atoms with E-state index >= 15 is 0 Å². The van der Waals surface area contributed by atoms with Crippen molar-refractivity contribution in [1.82, 2.24) is 4.98 Å². The van der Waals surface area contributed by atoms with Crippen LogP contribution in [-0.2, 0) is 4.74 Å².